The molecule has 3 heterocycles. The zero-order valence-electron chi connectivity index (χ0n) is 17.5. The highest BCUT2D eigenvalue weighted by Crippen LogP contribution is 2.26. The number of ether oxygens (including phenoxy) is 1. The predicted molar refractivity (Wildman–Crippen MR) is 120 cm³/mol. The lowest BCUT2D eigenvalue weighted by molar-refractivity contribution is 0.0952. The van der Waals surface area contributed by atoms with Gasteiger partial charge in [0.2, 0.25) is 0 Å². The van der Waals surface area contributed by atoms with E-state index in [2.05, 4.69) is 21.1 Å². The predicted octanol–water partition coefficient (Wildman–Crippen LogP) is 4.37. The number of aromatic nitrogens is 3. The van der Waals surface area contributed by atoms with Crippen molar-refractivity contribution in [2.24, 2.45) is 0 Å². The number of carbonyl (C=O) groups excluding carboxylic acids is 1. The zero-order chi connectivity index (χ0) is 21.2. The molecule has 0 radical (unpaired) electrons. The van der Waals surface area contributed by atoms with E-state index in [0.717, 1.165) is 52.4 Å². The zero-order valence-corrected chi connectivity index (χ0v) is 17.5. The largest absolute Gasteiger partial charge is 0.497 e. The second-order valence-corrected chi connectivity index (χ2v) is 7.78. The molecule has 156 valence electrons. The van der Waals surface area contributed by atoms with E-state index in [1.165, 1.54) is 12.8 Å². The number of amides is 1. The van der Waals surface area contributed by atoms with Crippen molar-refractivity contribution in [2.45, 2.75) is 32.4 Å². The van der Waals surface area contributed by atoms with Crippen molar-refractivity contribution in [3.8, 4) is 17.0 Å². The molecule has 6 heteroatoms. The van der Waals surface area contributed by atoms with Crippen LogP contribution in [0.2, 0.25) is 0 Å². The third kappa shape index (κ3) is 3.89. The Kier molecular flexibility index (Phi) is 5.12. The van der Waals surface area contributed by atoms with E-state index in [1.54, 1.807) is 7.11 Å². The van der Waals surface area contributed by atoms with Crippen LogP contribution in [0, 0.1) is 0 Å². The van der Waals surface area contributed by atoms with Crippen LogP contribution in [-0.2, 0) is 19.5 Å². The average molecular weight is 412 g/mol. The molecule has 1 N–H and O–H groups in total. The monoisotopic (exact) mass is 412 g/mol. The van der Waals surface area contributed by atoms with E-state index < -0.39 is 0 Å². The number of para-hydroxylation sites is 1. The van der Waals surface area contributed by atoms with Gasteiger partial charge < -0.3 is 14.6 Å². The Balaban J connectivity index is 1.44. The summed E-state index contributed by atoms with van der Waals surface area (Å²) in [5.41, 5.74) is 3.99. The molecule has 6 nitrogen and oxygen atoms in total. The van der Waals surface area contributed by atoms with Gasteiger partial charge in [-0.25, -0.2) is 9.97 Å². The molecule has 2 aromatic carbocycles. The number of aryl methyl sites for hydroxylation is 2. The maximum atomic E-state index is 13.2. The lowest BCUT2D eigenvalue weighted by Gasteiger charge is -2.11. The first-order valence-corrected chi connectivity index (χ1v) is 10.6. The second kappa shape index (κ2) is 8.22. The summed E-state index contributed by atoms with van der Waals surface area (Å²) in [6.45, 7) is 1.42. The van der Waals surface area contributed by atoms with E-state index in [0.29, 0.717) is 12.1 Å². The van der Waals surface area contributed by atoms with Crippen LogP contribution >= 0.6 is 0 Å². The fourth-order valence-electron chi connectivity index (χ4n) is 4.10. The van der Waals surface area contributed by atoms with Crippen molar-refractivity contribution in [1.29, 1.82) is 0 Å². The molecule has 0 bridgehead atoms. The number of nitrogens with zero attached hydrogens (tertiary/aromatic N) is 3. The molecule has 0 saturated heterocycles. The molecule has 1 aliphatic heterocycles. The van der Waals surface area contributed by atoms with Crippen molar-refractivity contribution in [2.75, 3.05) is 7.11 Å². The number of fused-ring (bicyclic) bond motifs is 2. The second-order valence-electron chi connectivity index (χ2n) is 7.78. The van der Waals surface area contributed by atoms with Crippen molar-refractivity contribution < 1.29 is 9.53 Å². The molecule has 1 amide bonds. The molecular formula is C25H24N4O2. The van der Waals surface area contributed by atoms with Gasteiger partial charge in [0.1, 0.15) is 11.6 Å². The fraction of sp³-hybridized carbons (Fsp3) is 0.240. The number of methoxy groups -OCH3 is 1. The SMILES string of the molecule is COc1ccc(-c2cc(C(=O)NCc3cn4c(n3)CCCC4)c3ccccc3n2)cc1. The Hall–Kier alpha value is -3.67. The van der Waals surface area contributed by atoms with Gasteiger partial charge in [-0.15, -0.1) is 0 Å². The number of nitrogens with one attached hydrogen (secondary N) is 1. The molecule has 2 aromatic heterocycles. The highest BCUT2D eigenvalue weighted by molar-refractivity contribution is 6.07. The van der Waals surface area contributed by atoms with Crippen molar-refractivity contribution in [3.05, 3.63) is 77.9 Å². The molecule has 0 saturated carbocycles. The third-order valence-corrected chi connectivity index (χ3v) is 5.74. The first-order valence-electron chi connectivity index (χ1n) is 10.6. The van der Waals surface area contributed by atoms with Crippen LogP contribution in [0.25, 0.3) is 22.2 Å². The molecule has 0 fully saturated rings. The molecule has 0 unspecified atom stereocenters. The summed E-state index contributed by atoms with van der Waals surface area (Å²) in [6.07, 6.45) is 5.43. The van der Waals surface area contributed by atoms with Gasteiger partial charge in [0.25, 0.3) is 5.91 Å². The van der Waals surface area contributed by atoms with Gasteiger partial charge in [0, 0.05) is 30.1 Å². The number of hydrogen-bond acceptors (Lipinski definition) is 4. The number of benzene rings is 2. The molecule has 1 aliphatic rings. The van der Waals surface area contributed by atoms with Gasteiger partial charge in [0.15, 0.2) is 0 Å². The van der Waals surface area contributed by atoms with Gasteiger partial charge in [-0.05, 0) is 49.2 Å². The van der Waals surface area contributed by atoms with Crippen LogP contribution in [0.1, 0.15) is 34.7 Å². The van der Waals surface area contributed by atoms with Gasteiger partial charge in [0.05, 0.1) is 36.1 Å². The number of hydrogen-bond donors (Lipinski definition) is 1. The maximum Gasteiger partial charge on any atom is 0.252 e. The van der Waals surface area contributed by atoms with Crippen molar-refractivity contribution in [3.63, 3.8) is 0 Å². The topological polar surface area (TPSA) is 69.0 Å². The van der Waals surface area contributed by atoms with Crippen LogP contribution in [0.5, 0.6) is 5.75 Å². The number of rotatable bonds is 5. The minimum atomic E-state index is -0.126. The molecular weight excluding hydrogens is 388 g/mol. The van der Waals surface area contributed by atoms with Crippen LogP contribution in [0.15, 0.2) is 60.8 Å². The molecule has 0 aliphatic carbocycles. The molecule has 5 rings (SSSR count). The normalized spacial score (nSPS) is 13.1. The summed E-state index contributed by atoms with van der Waals surface area (Å²) in [5, 5.41) is 3.89. The lowest BCUT2D eigenvalue weighted by Crippen LogP contribution is -2.23. The van der Waals surface area contributed by atoms with Crippen molar-refractivity contribution in [1.82, 2.24) is 19.9 Å². The highest BCUT2D eigenvalue weighted by Gasteiger charge is 2.16. The van der Waals surface area contributed by atoms with Crippen molar-refractivity contribution >= 4 is 16.8 Å². The summed E-state index contributed by atoms with van der Waals surface area (Å²) in [5.74, 6) is 1.77. The highest BCUT2D eigenvalue weighted by atomic mass is 16.5. The van der Waals surface area contributed by atoms with Crippen LogP contribution in [0.3, 0.4) is 0 Å². The Labute approximate surface area is 180 Å². The standard InChI is InChI=1S/C25H24N4O2/c1-31-19-11-9-17(10-12-19)23-14-21(20-6-2-3-7-22(20)28-23)25(30)26-15-18-16-29-13-5-4-8-24(29)27-18/h2-3,6-7,9-12,14,16H,4-5,8,13,15H2,1H3,(H,26,30). The van der Waals surface area contributed by atoms with Gasteiger partial charge in [-0.1, -0.05) is 18.2 Å². The summed E-state index contributed by atoms with van der Waals surface area (Å²) < 4.78 is 7.45. The maximum absolute atomic E-state index is 13.2. The Bertz CT molecular complexity index is 1220. The molecule has 31 heavy (non-hydrogen) atoms. The Morgan fingerprint density at radius 3 is 2.74 bits per heavy atom. The third-order valence-electron chi connectivity index (χ3n) is 5.74. The first kappa shape index (κ1) is 19.3. The molecule has 4 aromatic rings. The Morgan fingerprint density at radius 2 is 1.94 bits per heavy atom. The number of pyridine rings is 1. The molecule has 0 atom stereocenters. The van der Waals surface area contributed by atoms with E-state index in [4.69, 9.17) is 9.72 Å². The average Bonchev–Trinajstić information content (AvgIpc) is 3.25. The summed E-state index contributed by atoms with van der Waals surface area (Å²) in [6, 6.07) is 17.3. The van der Waals surface area contributed by atoms with Gasteiger partial charge in [-0.2, -0.15) is 0 Å². The number of carbonyl (C=O) groups is 1. The minimum Gasteiger partial charge on any atom is -0.497 e. The first-order chi connectivity index (χ1) is 15.2. The summed E-state index contributed by atoms with van der Waals surface area (Å²) in [4.78, 5) is 22.6. The lowest BCUT2D eigenvalue weighted by atomic mass is 10.0. The quantitative estimate of drug-likeness (QED) is 0.528. The summed E-state index contributed by atoms with van der Waals surface area (Å²) in [7, 11) is 1.64. The van der Waals surface area contributed by atoms with E-state index in [9.17, 15) is 4.79 Å². The van der Waals surface area contributed by atoms with E-state index >= 15 is 0 Å². The number of imidazole rings is 1. The van der Waals surface area contributed by atoms with E-state index in [1.807, 2.05) is 54.6 Å². The molecule has 0 spiro atoms. The van der Waals surface area contributed by atoms with Gasteiger partial charge >= 0.3 is 0 Å². The summed E-state index contributed by atoms with van der Waals surface area (Å²) >= 11 is 0. The van der Waals surface area contributed by atoms with E-state index in [-0.39, 0.29) is 5.91 Å². The van der Waals surface area contributed by atoms with Crippen LogP contribution in [-0.4, -0.2) is 27.6 Å². The van der Waals surface area contributed by atoms with Crippen LogP contribution < -0.4 is 10.1 Å². The van der Waals surface area contributed by atoms with Gasteiger partial charge in [-0.3, -0.25) is 4.79 Å². The smallest absolute Gasteiger partial charge is 0.252 e. The Morgan fingerprint density at radius 1 is 1.10 bits per heavy atom. The fourth-order valence-corrected chi connectivity index (χ4v) is 4.10. The van der Waals surface area contributed by atoms with Crippen LogP contribution in [0.4, 0.5) is 0 Å². The minimum absolute atomic E-state index is 0.126.